The number of amides is 1. The number of nitrogens with zero attached hydrogens (tertiary/aromatic N) is 1. The van der Waals surface area contributed by atoms with E-state index in [1.165, 1.54) is 0 Å². The number of thiol groups is 1. The van der Waals surface area contributed by atoms with Gasteiger partial charge in [-0.25, -0.2) is 0 Å². The molecule has 0 N–H and O–H groups in total. The number of hydrogen-bond acceptors (Lipinski definition) is 4. The highest BCUT2D eigenvalue weighted by Gasteiger charge is 2.15. The number of fused-ring (bicyclic) bond motifs is 1. The van der Waals surface area contributed by atoms with Crippen LogP contribution < -0.4 is 14.4 Å². The molecule has 1 heterocycles. The largest absolute Gasteiger partial charge is 0.490 e. The van der Waals surface area contributed by atoms with Gasteiger partial charge in [0.15, 0.2) is 11.5 Å². The second-order valence-corrected chi connectivity index (χ2v) is 4.56. The predicted molar refractivity (Wildman–Crippen MR) is 73.9 cm³/mol. The molecule has 1 aliphatic rings. The second-order valence-electron chi connectivity index (χ2n) is 4.11. The number of carbonyl (C=O) groups is 1. The minimum absolute atomic E-state index is 0.0412. The van der Waals surface area contributed by atoms with E-state index in [4.69, 9.17) is 9.47 Å². The Labute approximate surface area is 112 Å². The summed E-state index contributed by atoms with van der Waals surface area (Å²) in [5, 5.41) is 0. The molecule has 0 spiro atoms. The number of ether oxygens (including phenoxy) is 2. The van der Waals surface area contributed by atoms with Gasteiger partial charge in [-0.3, -0.25) is 4.79 Å². The van der Waals surface area contributed by atoms with Gasteiger partial charge in [0.1, 0.15) is 0 Å². The van der Waals surface area contributed by atoms with E-state index in [-0.39, 0.29) is 5.91 Å². The van der Waals surface area contributed by atoms with Crippen LogP contribution in [0.25, 0.3) is 0 Å². The Kier molecular flexibility index (Phi) is 4.36. The number of rotatable bonds is 3. The normalized spacial score (nSPS) is 13.9. The van der Waals surface area contributed by atoms with Crippen molar-refractivity contribution in [2.75, 3.05) is 30.9 Å². The molecule has 0 aromatic heterocycles. The van der Waals surface area contributed by atoms with Gasteiger partial charge in [0.05, 0.1) is 13.2 Å². The van der Waals surface area contributed by atoms with Crippen LogP contribution in [-0.2, 0) is 4.79 Å². The molecule has 4 nitrogen and oxygen atoms in total. The first kappa shape index (κ1) is 13.1. The molecule has 98 valence electrons. The van der Waals surface area contributed by atoms with Crippen molar-refractivity contribution in [1.29, 1.82) is 0 Å². The highest BCUT2D eigenvalue weighted by Crippen LogP contribution is 2.33. The predicted octanol–water partition coefficient (Wildman–Crippen LogP) is 2.13. The van der Waals surface area contributed by atoms with E-state index in [0.717, 1.165) is 17.9 Å². The summed E-state index contributed by atoms with van der Waals surface area (Å²) in [4.78, 5) is 13.4. The summed E-state index contributed by atoms with van der Waals surface area (Å²) >= 11 is 4.07. The molecular weight excluding hydrogens is 250 g/mol. The SMILES string of the molecule is CN(C(=O)CCS)c1ccc2c(c1)OCCCO2. The van der Waals surface area contributed by atoms with E-state index in [2.05, 4.69) is 12.6 Å². The zero-order valence-electron chi connectivity index (χ0n) is 10.4. The van der Waals surface area contributed by atoms with Crippen molar-refractivity contribution in [3.05, 3.63) is 18.2 Å². The van der Waals surface area contributed by atoms with Crippen molar-refractivity contribution in [2.24, 2.45) is 0 Å². The molecule has 18 heavy (non-hydrogen) atoms. The maximum Gasteiger partial charge on any atom is 0.227 e. The Hall–Kier alpha value is -1.36. The van der Waals surface area contributed by atoms with E-state index >= 15 is 0 Å². The molecule has 1 aliphatic heterocycles. The Morgan fingerprint density at radius 3 is 2.78 bits per heavy atom. The fraction of sp³-hybridized carbons (Fsp3) is 0.462. The van der Waals surface area contributed by atoms with Crippen LogP contribution in [0, 0.1) is 0 Å². The molecule has 0 aliphatic carbocycles. The molecule has 0 radical (unpaired) electrons. The van der Waals surface area contributed by atoms with Gasteiger partial charge < -0.3 is 14.4 Å². The molecule has 0 saturated heterocycles. The van der Waals surface area contributed by atoms with E-state index in [1.54, 1.807) is 11.9 Å². The summed E-state index contributed by atoms with van der Waals surface area (Å²) in [7, 11) is 1.76. The molecule has 5 heteroatoms. The van der Waals surface area contributed by atoms with Crippen LogP contribution in [0.4, 0.5) is 5.69 Å². The summed E-state index contributed by atoms with van der Waals surface area (Å²) in [5.41, 5.74) is 0.811. The van der Waals surface area contributed by atoms with E-state index in [9.17, 15) is 4.79 Å². The van der Waals surface area contributed by atoms with Gasteiger partial charge in [0.25, 0.3) is 0 Å². The quantitative estimate of drug-likeness (QED) is 0.853. The lowest BCUT2D eigenvalue weighted by Crippen LogP contribution is -2.26. The van der Waals surface area contributed by atoms with E-state index in [1.807, 2.05) is 18.2 Å². The van der Waals surface area contributed by atoms with Gasteiger partial charge >= 0.3 is 0 Å². The van der Waals surface area contributed by atoms with Crippen molar-refractivity contribution < 1.29 is 14.3 Å². The zero-order chi connectivity index (χ0) is 13.0. The third-order valence-corrected chi connectivity index (χ3v) is 3.04. The van der Waals surface area contributed by atoms with E-state index in [0.29, 0.717) is 31.1 Å². The highest BCUT2D eigenvalue weighted by atomic mass is 32.1. The Bertz CT molecular complexity index is 436. The molecule has 1 amide bonds. The van der Waals surface area contributed by atoms with Crippen molar-refractivity contribution in [1.82, 2.24) is 0 Å². The zero-order valence-corrected chi connectivity index (χ0v) is 11.3. The van der Waals surface area contributed by atoms with Crippen LogP contribution in [0.5, 0.6) is 11.5 Å². The standard InChI is InChI=1S/C13H17NO3S/c1-14(13(15)5-8-18)10-3-4-11-12(9-10)17-7-2-6-16-11/h3-4,9,18H,2,5-8H2,1H3. The van der Waals surface area contributed by atoms with Crippen LogP contribution in [0.2, 0.25) is 0 Å². The third-order valence-electron chi connectivity index (χ3n) is 2.82. The molecule has 0 saturated carbocycles. The summed E-state index contributed by atoms with van der Waals surface area (Å²) in [6, 6.07) is 5.56. The van der Waals surface area contributed by atoms with Gasteiger partial charge in [-0.1, -0.05) is 0 Å². The van der Waals surface area contributed by atoms with Crippen LogP contribution in [-0.4, -0.2) is 31.9 Å². The van der Waals surface area contributed by atoms with Crippen molar-refractivity contribution in [3.8, 4) is 11.5 Å². The first-order chi connectivity index (χ1) is 8.72. The summed E-state index contributed by atoms with van der Waals surface area (Å²) in [6.45, 7) is 1.31. The molecule has 0 fully saturated rings. The Morgan fingerprint density at radius 1 is 1.33 bits per heavy atom. The fourth-order valence-electron chi connectivity index (χ4n) is 1.77. The Morgan fingerprint density at radius 2 is 2.06 bits per heavy atom. The lowest BCUT2D eigenvalue weighted by atomic mass is 10.2. The molecule has 1 aromatic rings. The maximum absolute atomic E-state index is 11.8. The average molecular weight is 267 g/mol. The molecule has 2 rings (SSSR count). The minimum Gasteiger partial charge on any atom is -0.490 e. The van der Waals surface area contributed by atoms with Gasteiger partial charge in [0.2, 0.25) is 5.91 Å². The van der Waals surface area contributed by atoms with Crippen LogP contribution in [0.3, 0.4) is 0 Å². The Balaban J connectivity index is 2.19. The van der Waals surface area contributed by atoms with Crippen LogP contribution >= 0.6 is 12.6 Å². The molecule has 0 atom stereocenters. The maximum atomic E-state index is 11.8. The highest BCUT2D eigenvalue weighted by molar-refractivity contribution is 7.80. The number of anilines is 1. The first-order valence-corrected chi connectivity index (χ1v) is 6.62. The van der Waals surface area contributed by atoms with Gasteiger partial charge in [-0.15, -0.1) is 0 Å². The summed E-state index contributed by atoms with van der Waals surface area (Å²) < 4.78 is 11.2. The van der Waals surface area contributed by atoms with Crippen molar-refractivity contribution >= 4 is 24.2 Å². The van der Waals surface area contributed by atoms with Gasteiger partial charge in [-0.05, 0) is 17.9 Å². The fourth-order valence-corrected chi connectivity index (χ4v) is 1.96. The number of hydrogen-bond donors (Lipinski definition) is 1. The minimum atomic E-state index is 0.0412. The second kappa shape index (κ2) is 6.00. The summed E-state index contributed by atoms with van der Waals surface area (Å²) in [6.07, 6.45) is 1.30. The lowest BCUT2D eigenvalue weighted by molar-refractivity contribution is -0.117. The van der Waals surface area contributed by atoms with Crippen LogP contribution in [0.15, 0.2) is 18.2 Å². The van der Waals surface area contributed by atoms with Gasteiger partial charge in [0, 0.05) is 31.6 Å². The van der Waals surface area contributed by atoms with Crippen LogP contribution in [0.1, 0.15) is 12.8 Å². The van der Waals surface area contributed by atoms with Gasteiger partial charge in [-0.2, -0.15) is 12.6 Å². The molecule has 1 aromatic carbocycles. The third kappa shape index (κ3) is 2.90. The molecule has 0 unspecified atom stereocenters. The monoisotopic (exact) mass is 267 g/mol. The number of benzene rings is 1. The smallest absolute Gasteiger partial charge is 0.227 e. The summed E-state index contributed by atoms with van der Waals surface area (Å²) in [5.74, 6) is 2.04. The molecule has 0 bridgehead atoms. The van der Waals surface area contributed by atoms with E-state index < -0.39 is 0 Å². The van der Waals surface area contributed by atoms with Crippen molar-refractivity contribution in [2.45, 2.75) is 12.8 Å². The average Bonchev–Trinajstić information content (AvgIpc) is 2.62. The lowest BCUT2D eigenvalue weighted by Gasteiger charge is -2.18. The molecular formula is C13H17NO3S. The topological polar surface area (TPSA) is 38.8 Å². The first-order valence-electron chi connectivity index (χ1n) is 5.99. The van der Waals surface area contributed by atoms with Crippen molar-refractivity contribution in [3.63, 3.8) is 0 Å². The number of carbonyl (C=O) groups excluding carboxylic acids is 1.